The number of Topliss-reactive ketones (excluding diaryl/α,β-unsaturated/α-hetero) is 3. The minimum Gasteiger partial charge on any atom is -1.00 e. The Hall–Kier alpha value is -0.815. The van der Waals surface area contributed by atoms with Crippen molar-refractivity contribution in [3.8, 4) is 0 Å². The maximum absolute atomic E-state index is 11.3. The second-order valence-electron chi connectivity index (χ2n) is 11.2. The number of rotatable bonds is 8. The second kappa shape index (κ2) is 29.1. The van der Waals surface area contributed by atoms with Crippen molar-refractivity contribution in [2.75, 3.05) is 60.0 Å². The van der Waals surface area contributed by atoms with Crippen molar-refractivity contribution in [2.45, 2.75) is 79.1 Å². The summed E-state index contributed by atoms with van der Waals surface area (Å²) in [7, 11) is -0.572. The third-order valence-electron chi connectivity index (χ3n) is 7.61. The largest absolute Gasteiger partial charge is 1.00 e. The fraction of sp³-hybridized carbons (Fsp3) is 0.781. The molecule has 3 heterocycles. The van der Waals surface area contributed by atoms with Crippen molar-refractivity contribution in [1.82, 2.24) is 0 Å². The molecule has 1 saturated carbocycles. The van der Waals surface area contributed by atoms with Gasteiger partial charge in [-0.05, 0) is 76.2 Å². The van der Waals surface area contributed by atoms with E-state index in [1.807, 2.05) is 6.08 Å². The average molecular weight is 682 g/mol. The fourth-order valence-corrected chi connectivity index (χ4v) is 6.00. The maximum Gasteiger partial charge on any atom is 1.00 e. The Labute approximate surface area is 301 Å². The number of ether oxygens (including phenoxy) is 3. The summed E-state index contributed by atoms with van der Waals surface area (Å²) in [5.74, 6) is 1.90. The van der Waals surface area contributed by atoms with Crippen molar-refractivity contribution in [3.63, 3.8) is 0 Å². The molecule has 0 aromatic rings. The van der Waals surface area contributed by atoms with Crippen LogP contribution < -0.4 is 29.6 Å². The van der Waals surface area contributed by atoms with Gasteiger partial charge in [0.25, 0.3) is 0 Å². The van der Waals surface area contributed by atoms with E-state index in [0.717, 1.165) is 84.5 Å². The van der Waals surface area contributed by atoms with E-state index in [1.54, 1.807) is 13.0 Å². The van der Waals surface area contributed by atoms with E-state index in [1.165, 1.54) is 21.1 Å². The Morgan fingerprint density at radius 1 is 0.804 bits per heavy atom. The number of aldehydes is 1. The monoisotopic (exact) mass is 681 g/mol. The average Bonchev–Trinajstić information content (AvgIpc) is 3.01. The van der Waals surface area contributed by atoms with E-state index in [0.29, 0.717) is 30.6 Å². The van der Waals surface area contributed by atoms with Crippen LogP contribution in [0.2, 0.25) is 0 Å². The molecule has 0 spiro atoms. The summed E-state index contributed by atoms with van der Waals surface area (Å²) in [6.07, 6.45) is 12.0. The summed E-state index contributed by atoms with van der Waals surface area (Å²) < 4.78 is 35.6. The number of carbonyl (C=O) groups excluding carboxylic acids is 5. The molecular formula is C32H56BNaO11P. The van der Waals surface area contributed by atoms with Gasteiger partial charge < -0.3 is 29.5 Å². The molecule has 3 radical (unpaired) electrons. The molecule has 0 unspecified atom stereocenters. The van der Waals surface area contributed by atoms with Gasteiger partial charge in [0.15, 0.2) is 5.78 Å². The van der Waals surface area contributed by atoms with Gasteiger partial charge in [-0.15, -0.1) is 0 Å². The topological polar surface area (TPSA) is 149 Å². The van der Waals surface area contributed by atoms with E-state index in [-0.39, 0.29) is 88.5 Å². The number of carbonyl (C=O) groups is 5. The van der Waals surface area contributed by atoms with E-state index in [2.05, 4.69) is 9.05 Å². The van der Waals surface area contributed by atoms with Crippen LogP contribution in [-0.4, -0.2) is 97.9 Å². The number of hydrogen-bond donors (Lipinski definition) is 0. The van der Waals surface area contributed by atoms with E-state index in [4.69, 9.17) is 14.2 Å². The first-order chi connectivity index (χ1) is 20.5. The Bertz CT molecular complexity index is 927. The van der Waals surface area contributed by atoms with Crippen LogP contribution in [0, 0.1) is 23.7 Å². The van der Waals surface area contributed by atoms with Crippen molar-refractivity contribution in [3.05, 3.63) is 12.2 Å². The van der Waals surface area contributed by atoms with Gasteiger partial charge in [0.1, 0.15) is 29.8 Å². The second-order valence-corrected chi connectivity index (χ2v) is 13.5. The molecule has 4 fully saturated rings. The van der Waals surface area contributed by atoms with Crippen LogP contribution in [0.15, 0.2) is 12.2 Å². The Morgan fingerprint density at radius 3 is 1.54 bits per heavy atom. The molecule has 4 rings (SSSR count). The van der Waals surface area contributed by atoms with Gasteiger partial charge in [-0.25, -0.2) is 0 Å². The predicted molar refractivity (Wildman–Crippen MR) is 175 cm³/mol. The van der Waals surface area contributed by atoms with Gasteiger partial charge >= 0.3 is 37.2 Å². The van der Waals surface area contributed by atoms with Crippen molar-refractivity contribution >= 4 is 45.4 Å². The molecule has 259 valence electrons. The first-order valence-corrected chi connectivity index (χ1v) is 16.8. The maximum atomic E-state index is 11.3. The standard InChI is InChI=1S/C11H16O3.C9H14O2.C6H10O2.C5H11O4P.CH4.B.Na.H/c12-10-5-9(6-11(13)7-10)8-1-3-14-4-2-8;1-8(10)2-3-9-4-6-11-7-5-9;7-5-6-1-3-8-4-2-6;1-5(6)4-10(7,8-2)9-3;;;;/h8-9H,1-7H2;2-3,9H,4-7H2,1H3;5-6H,1-4H2;4H2,1-3H3;1H4;;;/q;;;;;;+1;-1/b;3-2+;;;;;;. The van der Waals surface area contributed by atoms with Crippen molar-refractivity contribution in [1.29, 1.82) is 0 Å². The van der Waals surface area contributed by atoms with Crippen LogP contribution in [0.4, 0.5) is 0 Å². The van der Waals surface area contributed by atoms with Crippen LogP contribution >= 0.6 is 7.60 Å². The third-order valence-corrected chi connectivity index (χ3v) is 9.55. The molecule has 3 aliphatic heterocycles. The summed E-state index contributed by atoms with van der Waals surface area (Å²) in [5, 5.41) is 0. The quantitative estimate of drug-likeness (QED) is 0.122. The molecule has 0 aromatic heterocycles. The van der Waals surface area contributed by atoms with E-state index in [9.17, 15) is 28.5 Å². The van der Waals surface area contributed by atoms with E-state index >= 15 is 0 Å². The van der Waals surface area contributed by atoms with Crippen LogP contribution in [0.5, 0.6) is 0 Å². The van der Waals surface area contributed by atoms with Gasteiger partial charge in [0.05, 0.1) is 6.42 Å². The van der Waals surface area contributed by atoms with Gasteiger partial charge in [-0.2, -0.15) is 0 Å². The molecule has 46 heavy (non-hydrogen) atoms. The van der Waals surface area contributed by atoms with Crippen LogP contribution in [-0.2, 0) is 51.8 Å². The molecule has 4 aliphatic rings. The molecule has 0 bridgehead atoms. The summed E-state index contributed by atoms with van der Waals surface area (Å²) in [4.78, 5) is 53.7. The summed E-state index contributed by atoms with van der Waals surface area (Å²) in [6, 6.07) is 0. The fourth-order valence-electron chi connectivity index (χ4n) is 5.05. The number of ketones is 4. The van der Waals surface area contributed by atoms with Gasteiger partial charge in [0.2, 0.25) is 0 Å². The number of hydrogen-bond acceptors (Lipinski definition) is 11. The zero-order valence-corrected chi connectivity index (χ0v) is 30.8. The smallest absolute Gasteiger partial charge is 1.00 e. The number of allylic oxidation sites excluding steroid dienone is 2. The van der Waals surface area contributed by atoms with Gasteiger partial charge in [-0.1, -0.05) is 13.5 Å². The molecule has 0 amide bonds. The molecule has 0 atom stereocenters. The molecule has 11 nitrogen and oxygen atoms in total. The Balaban J connectivity index is -0.000000260. The molecule has 1 aliphatic carbocycles. The van der Waals surface area contributed by atoms with Crippen LogP contribution in [0.1, 0.15) is 80.5 Å². The molecule has 3 saturated heterocycles. The Kier molecular flexibility index (Phi) is 31.4. The zero-order chi connectivity index (χ0) is 32.1. The van der Waals surface area contributed by atoms with Crippen LogP contribution in [0.25, 0.3) is 0 Å². The van der Waals surface area contributed by atoms with Crippen molar-refractivity contribution in [2.24, 2.45) is 23.7 Å². The molecular weight excluding hydrogens is 625 g/mol. The minimum absolute atomic E-state index is 0. The normalized spacial score (nSPS) is 19.7. The van der Waals surface area contributed by atoms with Gasteiger partial charge in [-0.3, -0.25) is 23.7 Å². The summed E-state index contributed by atoms with van der Waals surface area (Å²) >= 11 is 0. The first-order valence-electron chi connectivity index (χ1n) is 15.1. The summed E-state index contributed by atoms with van der Waals surface area (Å²) in [6.45, 7) is 7.72. The third kappa shape index (κ3) is 23.5. The summed E-state index contributed by atoms with van der Waals surface area (Å²) in [5.41, 5.74) is 0. The SMILES string of the molecule is C.CC(=O)/C=C/C1CCOCC1.COP(=O)(CC(C)=O)OC.O=C1CC(=O)CC(C2CCOCC2)C1.O=CC1CCOCC1.[B].[H-].[Na+]. The molecule has 0 N–H and O–H groups in total. The van der Waals surface area contributed by atoms with Crippen molar-refractivity contribution < 1.29 is 82.8 Å². The zero-order valence-electron chi connectivity index (χ0n) is 28.9. The Morgan fingerprint density at radius 2 is 1.22 bits per heavy atom. The van der Waals surface area contributed by atoms with E-state index < -0.39 is 7.60 Å². The van der Waals surface area contributed by atoms with Gasteiger partial charge in [0, 0.05) is 81.0 Å². The predicted octanol–water partition coefficient (Wildman–Crippen LogP) is 1.95. The minimum atomic E-state index is -3.09. The molecule has 0 aromatic carbocycles. The molecule has 14 heteroatoms. The first kappa shape index (κ1) is 49.6. The van der Waals surface area contributed by atoms with Crippen LogP contribution in [0.3, 0.4) is 0 Å².